The summed E-state index contributed by atoms with van der Waals surface area (Å²) in [5, 5.41) is 8.60. The molecule has 3 aromatic carbocycles. The zero-order chi connectivity index (χ0) is 30.3. The van der Waals surface area contributed by atoms with Gasteiger partial charge in [0.05, 0.1) is 34.5 Å². The molecule has 0 saturated heterocycles. The molecule has 6 nitrogen and oxygen atoms in total. The average molecular weight is 615 g/mol. The minimum atomic E-state index is -3.39. The third-order valence-electron chi connectivity index (χ3n) is 7.76. The van der Waals surface area contributed by atoms with Crippen LogP contribution in [0.5, 0.6) is 11.5 Å². The number of carbonyl (C=O) groups is 1. The van der Waals surface area contributed by atoms with E-state index < -0.39 is 21.8 Å². The van der Waals surface area contributed by atoms with Crippen LogP contribution in [0.2, 0.25) is 0 Å². The summed E-state index contributed by atoms with van der Waals surface area (Å²) in [5.74, 6) is 0.127. The molecular formula is C33H39FO6S2. The summed E-state index contributed by atoms with van der Waals surface area (Å²) in [7, 11) is -1.78. The number of unbranched alkanes of at least 4 members (excludes halogenated alkanes) is 1. The molecule has 3 N–H and O–H groups in total. The van der Waals surface area contributed by atoms with Crippen LogP contribution in [0.15, 0.2) is 82.8 Å². The van der Waals surface area contributed by atoms with Gasteiger partial charge in [-0.1, -0.05) is 51.0 Å². The number of methoxy groups -OCH3 is 1. The molecule has 0 radical (unpaired) electrons. The average Bonchev–Trinajstić information content (AvgIpc) is 3.05. The van der Waals surface area contributed by atoms with Crippen molar-refractivity contribution >= 4 is 28.3 Å². The summed E-state index contributed by atoms with van der Waals surface area (Å²) in [4.78, 5) is 12.3. The van der Waals surface area contributed by atoms with Crippen molar-refractivity contribution in [3.8, 4) is 11.5 Å². The molecule has 0 saturated carbocycles. The van der Waals surface area contributed by atoms with Crippen molar-refractivity contribution < 1.29 is 32.9 Å². The van der Waals surface area contributed by atoms with Gasteiger partial charge in [0.15, 0.2) is 0 Å². The fraction of sp³-hybridized carbons (Fsp3) is 0.364. The van der Waals surface area contributed by atoms with Gasteiger partial charge in [-0.05, 0) is 78.0 Å². The second-order valence-corrected chi connectivity index (χ2v) is 14.0. The highest BCUT2D eigenvalue weighted by molar-refractivity contribution is 8.25. The number of benzene rings is 3. The Morgan fingerprint density at radius 1 is 1.10 bits per heavy atom. The topological polar surface area (TPSA) is 96.2 Å². The highest BCUT2D eigenvalue weighted by Crippen LogP contribution is 2.64. The minimum absolute atomic E-state index is 0.0296. The van der Waals surface area contributed by atoms with Crippen molar-refractivity contribution in [3.05, 3.63) is 95.5 Å². The summed E-state index contributed by atoms with van der Waals surface area (Å²) in [6, 6.07) is 17.8. The van der Waals surface area contributed by atoms with Crippen molar-refractivity contribution in [2.75, 3.05) is 12.9 Å². The van der Waals surface area contributed by atoms with Gasteiger partial charge >= 0.3 is 5.97 Å². The number of thioether (sulfide) groups is 1. The molecule has 0 amide bonds. The van der Waals surface area contributed by atoms with Crippen LogP contribution in [-0.2, 0) is 11.2 Å². The van der Waals surface area contributed by atoms with Gasteiger partial charge in [0.25, 0.3) is 0 Å². The van der Waals surface area contributed by atoms with E-state index in [0.29, 0.717) is 23.5 Å². The summed E-state index contributed by atoms with van der Waals surface area (Å²) >= 11 is 1.53. The van der Waals surface area contributed by atoms with E-state index in [1.54, 1.807) is 25.3 Å². The van der Waals surface area contributed by atoms with Gasteiger partial charge in [-0.25, -0.2) is 9.18 Å². The number of fused-ring (bicyclic) bond motifs is 1. The molecule has 4 rings (SSSR count). The number of aliphatic carboxylic acids is 1. The Balaban J connectivity index is 1.91. The zero-order valence-corrected chi connectivity index (χ0v) is 25.8. The maximum atomic E-state index is 14.0. The first-order valence-corrected chi connectivity index (χ1v) is 16.8. The quantitative estimate of drug-likeness (QED) is 0.106. The van der Waals surface area contributed by atoms with E-state index in [1.807, 2.05) is 37.3 Å². The molecule has 9 heteroatoms. The van der Waals surface area contributed by atoms with E-state index >= 15 is 0 Å². The maximum Gasteiger partial charge on any atom is 0.331 e. The lowest BCUT2D eigenvalue weighted by Gasteiger charge is -2.43. The van der Waals surface area contributed by atoms with E-state index in [0.717, 1.165) is 64.7 Å². The molecule has 3 atom stereocenters. The lowest BCUT2D eigenvalue weighted by atomic mass is 9.80. The van der Waals surface area contributed by atoms with Gasteiger partial charge in [0.1, 0.15) is 17.3 Å². The van der Waals surface area contributed by atoms with E-state index in [9.17, 15) is 18.3 Å². The number of carboxylic acids is 1. The Morgan fingerprint density at radius 3 is 2.43 bits per heavy atom. The normalized spacial score (nSPS) is 20.5. The van der Waals surface area contributed by atoms with E-state index in [4.69, 9.17) is 14.6 Å². The smallest absolute Gasteiger partial charge is 0.331 e. The van der Waals surface area contributed by atoms with Crippen LogP contribution < -0.4 is 9.47 Å². The largest absolute Gasteiger partial charge is 0.497 e. The van der Waals surface area contributed by atoms with Crippen LogP contribution in [0.4, 0.5) is 4.39 Å². The molecule has 0 spiro atoms. The Kier molecular flexibility index (Phi) is 11.0. The molecule has 1 heterocycles. The summed E-state index contributed by atoms with van der Waals surface area (Å²) in [6.45, 7) is 4.13. The molecule has 42 heavy (non-hydrogen) atoms. The van der Waals surface area contributed by atoms with Crippen LogP contribution in [0, 0.1) is 11.7 Å². The lowest BCUT2D eigenvalue weighted by Crippen LogP contribution is -2.29. The molecule has 3 aromatic rings. The number of hydrogen-bond donors (Lipinski definition) is 3. The van der Waals surface area contributed by atoms with Crippen molar-refractivity contribution in [1.29, 1.82) is 0 Å². The van der Waals surface area contributed by atoms with Gasteiger partial charge in [0, 0.05) is 12.0 Å². The van der Waals surface area contributed by atoms with E-state index in [2.05, 4.69) is 6.92 Å². The van der Waals surface area contributed by atoms with Gasteiger partial charge in [-0.15, -0.1) is 11.8 Å². The summed E-state index contributed by atoms with van der Waals surface area (Å²) in [5.41, 5.74) is 2.67. The number of rotatable bonds is 12. The van der Waals surface area contributed by atoms with Crippen LogP contribution in [0.1, 0.15) is 62.1 Å². The second-order valence-electron chi connectivity index (χ2n) is 10.5. The standard InChI is InChI=1S/C33H39FO6S2/c1-4-6-7-24-19-27(23-10-12-25(34)13-11-23)28-20-30(41-5-2)29(40-17-16-33(35)36)21-32(28)42(37,38)31(24)18-22-8-14-26(39-3)15-9-22/h8-17,20-21,24,27,31,37-38H,4-7,18-19H2,1-3H3,(H,35,36)/b17-16+. The van der Waals surface area contributed by atoms with Crippen LogP contribution in [-0.4, -0.2) is 38.3 Å². The molecule has 0 aromatic heterocycles. The van der Waals surface area contributed by atoms with Gasteiger partial charge in [0.2, 0.25) is 0 Å². The minimum Gasteiger partial charge on any atom is -0.497 e. The van der Waals surface area contributed by atoms with Gasteiger partial charge in [-0.2, -0.15) is 10.6 Å². The van der Waals surface area contributed by atoms with Gasteiger partial charge < -0.3 is 14.6 Å². The highest BCUT2D eigenvalue weighted by Gasteiger charge is 2.42. The van der Waals surface area contributed by atoms with Crippen LogP contribution >= 0.6 is 22.4 Å². The third kappa shape index (κ3) is 7.50. The predicted molar refractivity (Wildman–Crippen MR) is 168 cm³/mol. The molecular weight excluding hydrogens is 575 g/mol. The van der Waals surface area contributed by atoms with Gasteiger partial charge in [-0.3, -0.25) is 9.11 Å². The number of hydrogen-bond acceptors (Lipinski definition) is 6. The van der Waals surface area contributed by atoms with E-state index in [1.165, 1.54) is 23.9 Å². The third-order valence-corrected chi connectivity index (χ3v) is 11.1. The molecule has 0 aliphatic carbocycles. The Hall–Kier alpha value is -2.98. The van der Waals surface area contributed by atoms with Crippen molar-refractivity contribution in [2.24, 2.45) is 5.92 Å². The first-order valence-electron chi connectivity index (χ1n) is 14.2. The zero-order valence-electron chi connectivity index (χ0n) is 24.2. The molecule has 3 unspecified atom stereocenters. The van der Waals surface area contributed by atoms with Crippen molar-refractivity contribution in [2.45, 2.75) is 66.9 Å². The Labute approximate surface area is 253 Å². The van der Waals surface area contributed by atoms with Crippen LogP contribution in [0.25, 0.3) is 0 Å². The Morgan fingerprint density at radius 2 is 1.81 bits per heavy atom. The first-order chi connectivity index (χ1) is 20.2. The molecule has 0 fully saturated rings. The number of halogens is 1. The number of ether oxygens (including phenoxy) is 2. The van der Waals surface area contributed by atoms with Crippen molar-refractivity contribution in [1.82, 2.24) is 0 Å². The molecule has 226 valence electrons. The second kappa shape index (κ2) is 14.5. The highest BCUT2D eigenvalue weighted by atomic mass is 32.3. The fourth-order valence-electron chi connectivity index (χ4n) is 5.69. The fourth-order valence-corrected chi connectivity index (χ4v) is 8.82. The summed E-state index contributed by atoms with van der Waals surface area (Å²) < 4.78 is 49.6. The Bertz CT molecular complexity index is 1370. The maximum absolute atomic E-state index is 14.0. The molecule has 1 aliphatic rings. The predicted octanol–water partition coefficient (Wildman–Crippen LogP) is 8.99. The van der Waals surface area contributed by atoms with Crippen molar-refractivity contribution in [3.63, 3.8) is 0 Å². The molecule has 1 aliphatic heterocycles. The molecule has 0 bridgehead atoms. The lowest BCUT2D eigenvalue weighted by molar-refractivity contribution is -0.131. The number of carboxylic acid groups (broad SMARTS) is 1. The summed E-state index contributed by atoms with van der Waals surface area (Å²) in [6.07, 6.45) is 5.87. The van der Waals surface area contributed by atoms with Crippen LogP contribution in [0.3, 0.4) is 0 Å². The SMILES string of the molecule is CCCCC1CC(c2ccc(F)cc2)c2cc(SCC)c(O/C=C/C(=O)O)cc2S(O)(O)C1Cc1ccc(OC)cc1. The van der Waals surface area contributed by atoms with E-state index in [-0.39, 0.29) is 17.7 Å². The first kappa shape index (κ1) is 31.9. The monoisotopic (exact) mass is 614 g/mol.